The Bertz CT molecular complexity index is 556. The average molecular weight is 330 g/mol. The number of rotatable bonds is 4. The predicted octanol–water partition coefficient (Wildman–Crippen LogP) is 0.301. The number of hydrogen-bond donors (Lipinski definition) is 1. The number of carbonyl (C=O) groups excluding carboxylic acids is 2. The molecule has 2 amide bonds. The second-order valence-electron chi connectivity index (χ2n) is 6.39. The zero-order valence-corrected chi connectivity index (χ0v) is 13.3. The summed E-state index contributed by atoms with van der Waals surface area (Å²) in [5, 5.41) is 2.86. The fourth-order valence-corrected chi connectivity index (χ4v) is 5.44. The van der Waals surface area contributed by atoms with Crippen LogP contribution in [0.4, 0.5) is 4.79 Å². The lowest BCUT2D eigenvalue weighted by Gasteiger charge is -2.23. The number of amides is 2. The van der Waals surface area contributed by atoms with E-state index in [1.54, 1.807) is 0 Å². The molecule has 1 N–H and O–H groups in total. The van der Waals surface area contributed by atoms with Gasteiger partial charge in [0.25, 0.3) is 0 Å². The van der Waals surface area contributed by atoms with E-state index in [0.717, 1.165) is 25.7 Å². The smallest absolute Gasteiger partial charge is 0.410 e. The Labute approximate surface area is 130 Å². The minimum Gasteiger partial charge on any atom is -0.443 e. The Morgan fingerprint density at radius 2 is 1.95 bits per heavy atom. The lowest BCUT2D eigenvalue weighted by atomic mass is 9.89. The van der Waals surface area contributed by atoms with Crippen LogP contribution in [0.2, 0.25) is 0 Å². The SMILES string of the molecule is O=C(NCCN1C(=O)O[C@H]2CS(=O)(=O)C[C@@H]21)C1CCCCC1. The highest BCUT2D eigenvalue weighted by molar-refractivity contribution is 7.91. The van der Waals surface area contributed by atoms with Crippen molar-refractivity contribution < 1.29 is 22.7 Å². The number of nitrogens with zero attached hydrogens (tertiary/aromatic N) is 1. The van der Waals surface area contributed by atoms with Crippen molar-refractivity contribution >= 4 is 21.8 Å². The Hall–Kier alpha value is -1.31. The van der Waals surface area contributed by atoms with E-state index in [9.17, 15) is 18.0 Å². The van der Waals surface area contributed by atoms with Crippen molar-refractivity contribution in [3.63, 3.8) is 0 Å². The number of nitrogens with one attached hydrogen (secondary N) is 1. The molecule has 0 radical (unpaired) electrons. The zero-order valence-electron chi connectivity index (χ0n) is 12.5. The van der Waals surface area contributed by atoms with Gasteiger partial charge in [0.15, 0.2) is 9.84 Å². The van der Waals surface area contributed by atoms with Crippen LogP contribution in [0.3, 0.4) is 0 Å². The molecule has 3 rings (SSSR count). The quantitative estimate of drug-likeness (QED) is 0.800. The maximum absolute atomic E-state index is 12.0. The maximum Gasteiger partial charge on any atom is 0.410 e. The highest BCUT2D eigenvalue weighted by Crippen LogP contribution is 2.28. The van der Waals surface area contributed by atoms with E-state index in [1.165, 1.54) is 11.3 Å². The molecule has 2 atom stereocenters. The predicted molar refractivity (Wildman–Crippen MR) is 79.0 cm³/mol. The van der Waals surface area contributed by atoms with Crippen LogP contribution in [0.15, 0.2) is 0 Å². The van der Waals surface area contributed by atoms with Gasteiger partial charge in [-0.15, -0.1) is 0 Å². The first-order valence-electron chi connectivity index (χ1n) is 7.92. The van der Waals surface area contributed by atoms with Gasteiger partial charge in [0.1, 0.15) is 6.10 Å². The number of ether oxygens (including phenoxy) is 1. The first-order chi connectivity index (χ1) is 10.5. The van der Waals surface area contributed by atoms with Crippen LogP contribution in [0, 0.1) is 5.92 Å². The average Bonchev–Trinajstić information content (AvgIpc) is 2.92. The third-order valence-corrected chi connectivity index (χ3v) is 6.47. The summed E-state index contributed by atoms with van der Waals surface area (Å²) in [6.07, 6.45) is 4.22. The van der Waals surface area contributed by atoms with Gasteiger partial charge in [0.05, 0.1) is 17.5 Å². The Kier molecular flexibility index (Phi) is 4.29. The minimum atomic E-state index is -3.13. The van der Waals surface area contributed by atoms with Crippen molar-refractivity contribution in [2.75, 3.05) is 24.6 Å². The van der Waals surface area contributed by atoms with Gasteiger partial charge in [-0.2, -0.15) is 0 Å². The highest BCUT2D eigenvalue weighted by Gasteiger charge is 2.50. The molecular formula is C14H22N2O5S. The minimum absolute atomic E-state index is 0.0417. The third kappa shape index (κ3) is 3.21. The van der Waals surface area contributed by atoms with Crippen molar-refractivity contribution in [2.45, 2.75) is 44.2 Å². The molecule has 0 aromatic carbocycles. The molecule has 2 saturated heterocycles. The highest BCUT2D eigenvalue weighted by atomic mass is 32.2. The van der Waals surface area contributed by atoms with Crippen LogP contribution < -0.4 is 5.32 Å². The van der Waals surface area contributed by atoms with Gasteiger partial charge in [-0.25, -0.2) is 13.2 Å². The molecule has 3 aliphatic rings. The summed E-state index contributed by atoms with van der Waals surface area (Å²) in [7, 11) is -3.13. The lowest BCUT2D eigenvalue weighted by molar-refractivity contribution is -0.125. The molecule has 2 aliphatic heterocycles. The number of fused-ring (bicyclic) bond motifs is 1. The first kappa shape index (κ1) is 15.6. The van der Waals surface area contributed by atoms with Crippen molar-refractivity contribution in [1.82, 2.24) is 10.2 Å². The summed E-state index contributed by atoms with van der Waals surface area (Å²) in [5.74, 6) is -0.00402. The lowest BCUT2D eigenvalue weighted by Crippen LogP contribution is -2.43. The van der Waals surface area contributed by atoms with Gasteiger partial charge >= 0.3 is 6.09 Å². The normalized spacial score (nSPS) is 30.9. The van der Waals surface area contributed by atoms with Gasteiger partial charge < -0.3 is 10.1 Å². The summed E-state index contributed by atoms with van der Waals surface area (Å²) in [5.41, 5.74) is 0. The monoisotopic (exact) mass is 330 g/mol. The van der Waals surface area contributed by atoms with Crippen LogP contribution in [0.1, 0.15) is 32.1 Å². The fraction of sp³-hybridized carbons (Fsp3) is 0.857. The van der Waals surface area contributed by atoms with Crippen molar-refractivity contribution in [2.24, 2.45) is 5.92 Å². The molecule has 1 saturated carbocycles. The van der Waals surface area contributed by atoms with E-state index < -0.39 is 28.1 Å². The van der Waals surface area contributed by atoms with Gasteiger partial charge in [-0.1, -0.05) is 19.3 Å². The van der Waals surface area contributed by atoms with Crippen molar-refractivity contribution in [3.05, 3.63) is 0 Å². The van der Waals surface area contributed by atoms with Crippen molar-refractivity contribution in [3.8, 4) is 0 Å². The number of carbonyl (C=O) groups is 2. The van der Waals surface area contributed by atoms with E-state index in [-0.39, 0.29) is 23.3 Å². The van der Waals surface area contributed by atoms with Crippen LogP contribution in [-0.2, 0) is 19.4 Å². The first-order valence-corrected chi connectivity index (χ1v) is 9.74. The summed E-state index contributed by atoms with van der Waals surface area (Å²) in [6, 6.07) is -0.399. The second-order valence-corrected chi connectivity index (χ2v) is 8.54. The second kappa shape index (κ2) is 6.06. The summed E-state index contributed by atoms with van der Waals surface area (Å²) < 4.78 is 28.3. The van der Waals surface area contributed by atoms with Gasteiger partial charge in [-0.3, -0.25) is 9.69 Å². The van der Waals surface area contributed by atoms with E-state index in [4.69, 9.17) is 4.74 Å². The van der Waals surface area contributed by atoms with Crippen molar-refractivity contribution in [1.29, 1.82) is 0 Å². The van der Waals surface area contributed by atoms with E-state index in [2.05, 4.69) is 5.32 Å². The molecule has 0 bridgehead atoms. The fourth-order valence-electron chi connectivity index (χ4n) is 3.60. The summed E-state index contributed by atoms with van der Waals surface area (Å²) in [4.78, 5) is 25.3. The molecule has 0 unspecified atom stereocenters. The van der Waals surface area contributed by atoms with E-state index in [0.29, 0.717) is 13.1 Å². The topological polar surface area (TPSA) is 92.8 Å². The van der Waals surface area contributed by atoms with Crippen LogP contribution >= 0.6 is 0 Å². The molecular weight excluding hydrogens is 308 g/mol. The van der Waals surface area contributed by atoms with E-state index in [1.807, 2.05) is 0 Å². The summed E-state index contributed by atoms with van der Waals surface area (Å²) in [6.45, 7) is 0.641. The molecule has 0 spiro atoms. The van der Waals surface area contributed by atoms with Gasteiger partial charge in [0.2, 0.25) is 5.91 Å². The van der Waals surface area contributed by atoms with Gasteiger partial charge in [-0.05, 0) is 12.8 Å². The molecule has 0 aromatic rings. The Morgan fingerprint density at radius 3 is 2.68 bits per heavy atom. The van der Waals surface area contributed by atoms with Crippen LogP contribution in [0.5, 0.6) is 0 Å². The largest absolute Gasteiger partial charge is 0.443 e. The molecule has 1 aliphatic carbocycles. The molecule has 7 nitrogen and oxygen atoms in total. The van der Waals surface area contributed by atoms with Crippen LogP contribution in [-0.4, -0.2) is 62.1 Å². The number of hydrogen-bond acceptors (Lipinski definition) is 5. The molecule has 0 aromatic heterocycles. The zero-order chi connectivity index (χ0) is 15.7. The molecule has 22 heavy (non-hydrogen) atoms. The molecule has 3 fully saturated rings. The number of sulfone groups is 1. The Balaban J connectivity index is 1.48. The van der Waals surface area contributed by atoms with Gasteiger partial charge in [0, 0.05) is 19.0 Å². The molecule has 124 valence electrons. The maximum atomic E-state index is 12.0. The summed E-state index contributed by atoms with van der Waals surface area (Å²) >= 11 is 0. The molecule has 2 heterocycles. The van der Waals surface area contributed by atoms with E-state index >= 15 is 0 Å². The van der Waals surface area contributed by atoms with Crippen LogP contribution in [0.25, 0.3) is 0 Å². The standard InChI is InChI=1S/C14H22N2O5S/c17-13(10-4-2-1-3-5-10)15-6-7-16-11-8-22(19,20)9-12(11)21-14(16)18/h10-12H,1-9H2,(H,15,17)/t11-,12-/m0/s1. The third-order valence-electron chi connectivity index (χ3n) is 4.79. The Morgan fingerprint density at radius 1 is 1.23 bits per heavy atom. The molecule has 8 heteroatoms.